The summed E-state index contributed by atoms with van der Waals surface area (Å²) in [6.45, 7) is 1.78. The van der Waals surface area contributed by atoms with Crippen molar-refractivity contribution >= 4 is 14.6 Å². The van der Waals surface area contributed by atoms with Crippen LogP contribution in [0.4, 0.5) is 0 Å². The zero-order valence-corrected chi connectivity index (χ0v) is 8.64. The molecule has 70 valence electrons. The monoisotopic (exact) mass is 194 g/mol. The number of rotatable bonds is 3. The Bertz CT molecular complexity index is 280. The van der Waals surface area contributed by atoms with Crippen molar-refractivity contribution in [1.82, 2.24) is 0 Å². The van der Waals surface area contributed by atoms with Gasteiger partial charge in [0.15, 0.2) is 0 Å². The Hall–Kier alpha value is -0.903. The fraction of sp³-hybridized carbons (Fsp3) is 0.200. The van der Waals surface area contributed by atoms with Crippen molar-refractivity contribution in [2.24, 2.45) is 0 Å². The van der Waals surface area contributed by atoms with E-state index in [0.29, 0.717) is 6.04 Å². The van der Waals surface area contributed by atoms with E-state index in [9.17, 15) is 9.59 Å². The summed E-state index contributed by atoms with van der Waals surface area (Å²) < 4.78 is 0. The van der Waals surface area contributed by atoms with Gasteiger partial charge in [-0.05, 0) is 17.3 Å². The molecule has 0 atom stereocenters. The number of hydrogen-bond acceptors (Lipinski definition) is 2. The predicted molar refractivity (Wildman–Crippen MR) is 56.1 cm³/mol. The SMILES string of the molecule is CC[Si](O)(O)/C=C/c1ccccc1. The molecular formula is C10H14O2Si. The van der Waals surface area contributed by atoms with E-state index in [-0.39, 0.29) is 0 Å². The molecule has 0 heterocycles. The molecule has 0 unspecified atom stereocenters. The summed E-state index contributed by atoms with van der Waals surface area (Å²) in [5, 5.41) is 0. The van der Waals surface area contributed by atoms with Crippen molar-refractivity contribution in [2.75, 3.05) is 0 Å². The van der Waals surface area contributed by atoms with Crippen LogP contribution in [0, 0.1) is 0 Å². The van der Waals surface area contributed by atoms with Crippen LogP contribution in [-0.2, 0) is 0 Å². The van der Waals surface area contributed by atoms with E-state index in [4.69, 9.17) is 0 Å². The topological polar surface area (TPSA) is 40.5 Å². The maximum atomic E-state index is 9.39. The lowest BCUT2D eigenvalue weighted by molar-refractivity contribution is 0.381. The van der Waals surface area contributed by atoms with Crippen molar-refractivity contribution in [1.29, 1.82) is 0 Å². The van der Waals surface area contributed by atoms with E-state index < -0.39 is 8.56 Å². The summed E-state index contributed by atoms with van der Waals surface area (Å²) >= 11 is 0. The molecule has 0 aliphatic carbocycles. The molecule has 0 aliphatic heterocycles. The lowest BCUT2D eigenvalue weighted by atomic mass is 10.2. The van der Waals surface area contributed by atoms with Crippen molar-refractivity contribution in [3.63, 3.8) is 0 Å². The molecule has 13 heavy (non-hydrogen) atoms. The average molecular weight is 194 g/mol. The highest BCUT2D eigenvalue weighted by atomic mass is 28.4. The van der Waals surface area contributed by atoms with Gasteiger partial charge in [0.1, 0.15) is 0 Å². The molecule has 0 spiro atoms. The minimum atomic E-state index is -3.04. The van der Waals surface area contributed by atoms with Crippen LogP contribution in [-0.4, -0.2) is 18.2 Å². The fourth-order valence-corrected chi connectivity index (χ4v) is 1.61. The number of hydrogen-bond donors (Lipinski definition) is 2. The first-order valence-electron chi connectivity index (χ1n) is 4.33. The summed E-state index contributed by atoms with van der Waals surface area (Å²) in [6.07, 6.45) is 1.76. The van der Waals surface area contributed by atoms with Gasteiger partial charge in [0, 0.05) is 0 Å². The Morgan fingerprint density at radius 3 is 2.38 bits per heavy atom. The van der Waals surface area contributed by atoms with E-state index in [2.05, 4.69) is 0 Å². The average Bonchev–Trinajstić information content (AvgIpc) is 2.17. The Balaban J connectivity index is 2.69. The van der Waals surface area contributed by atoms with Crippen LogP contribution < -0.4 is 0 Å². The molecule has 2 nitrogen and oxygen atoms in total. The molecule has 1 rings (SSSR count). The lowest BCUT2D eigenvalue weighted by Crippen LogP contribution is -2.30. The van der Waals surface area contributed by atoms with E-state index in [1.165, 1.54) is 5.70 Å². The van der Waals surface area contributed by atoms with Gasteiger partial charge in [0.05, 0.1) is 0 Å². The Kier molecular flexibility index (Phi) is 3.42. The molecule has 3 heteroatoms. The van der Waals surface area contributed by atoms with Gasteiger partial charge in [-0.1, -0.05) is 43.3 Å². The standard InChI is InChI=1S/C10H14O2Si/c1-2-13(11,12)9-8-10-6-4-3-5-7-10/h3-9,11-12H,2H2,1H3/b9-8+. The Labute approximate surface area is 79.4 Å². The summed E-state index contributed by atoms with van der Waals surface area (Å²) in [5.41, 5.74) is 2.53. The van der Waals surface area contributed by atoms with E-state index in [1.54, 1.807) is 13.0 Å². The minimum Gasteiger partial charge on any atom is -0.408 e. The molecule has 0 amide bonds. The largest absolute Gasteiger partial charge is 0.408 e. The molecule has 0 bridgehead atoms. The third-order valence-electron chi connectivity index (χ3n) is 1.86. The first kappa shape index (κ1) is 10.2. The molecule has 1 aromatic rings. The van der Waals surface area contributed by atoms with Gasteiger partial charge in [0.2, 0.25) is 0 Å². The van der Waals surface area contributed by atoms with E-state index in [0.717, 1.165) is 5.56 Å². The van der Waals surface area contributed by atoms with Crippen LogP contribution >= 0.6 is 0 Å². The van der Waals surface area contributed by atoms with Gasteiger partial charge in [-0.25, -0.2) is 0 Å². The fourth-order valence-electron chi connectivity index (χ4n) is 0.912. The molecule has 0 saturated carbocycles. The molecule has 0 aliphatic rings. The molecule has 0 radical (unpaired) electrons. The first-order chi connectivity index (χ1) is 6.14. The summed E-state index contributed by atoms with van der Waals surface area (Å²) in [7, 11) is -3.04. The number of benzene rings is 1. The third-order valence-corrected chi connectivity index (χ3v) is 3.60. The van der Waals surface area contributed by atoms with Crippen LogP contribution in [0.25, 0.3) is 6.08 Å². The molecular weight excluding hydrogens is 180 g/mol. The maximum Gasteiger partial charge on any atom is 0.359 e. The van der Waals surface area contributed by atoms with E-state index >= 15 is 0 Å². The van der Waals surface area contributed by atoms with Gasteiger partial charge in [-0.3, -0.25) is 0 Å². The van der Waals surface area contributed by atoms with Crippen LogP contribution in [0.3, 0.4) is 0 Å². The van der Waals surface area contributed by atoms with Gasteiger partial charge in [-0.15, -0.1) is 0 Å². The normalized spacial score (nSPS) is 12.2. The second kappa shape index (κ2) is 4.37. The van der Waals surface area contributed by atoms with E-state index in [1.807, 2.05) is 30.3 Å². The second-order valence-electron chi connectivity index (χ2n) is 2.98. The highest BCUT2D eigenvalue weighted by Crippen LogP contribution is 2.07. The summed E-state index contributed by atoms with van der Waals surface area (Å²) in [6, 6.07) is 10.1. The highest BCUT2D eigenvalue weighted by Gasteiger charge is 2.21. The highest BCUT2D eigenvalue weighted by molar-refractivity contribution is 6.70. The van der Waals surface area contributed by atoms with Crippen molar-refractivity contribution in [3.05, 3.63) is 41.6 Å². The summed E-state index contributed by atoms with van der Waals surface area (Å²) in [5.74, 6) is 0. The smallest absolute Gasteiger partial charge is 0.359 e. The van der Waals surface area contributed by atoms with Crippen LogP contribution in [0.5, 0.6) is 0 Å². The van der Waals surface area contributed by atoms with Gasteiger partial charge in [-0.2, -0.15) is 0 Å². The maximum absolute atomic E-state index is 9.39. The minimum absolute atomic E-state index is 0.427. The zero-order chi connectivity index (χ0) is 9.73. The van der Waals surface area contributed by atoms with Gasteiger partial charge >= 0.3 is 8.56 Å². The third kappa shape index (κ3) is 3.54. The Morgan fingerprint density at radius 1 is 1.23 bits per heavy atom. The van der Waals surface area contributed by atoms with Gasteiger partial charge in [0.25, 0.3) is 0 Å². The molecule has 1 aromatic carbocycles. The molecule has 0 saturated heterocycles. The second-order valence-corrected chi connectivity index (χ2v) is 5.77. The van der Waals surface area contributed by atoms with Crippen LogP contribution in [0.15, 0.2) is 36.0 Å². The quantitative estimate of drug-likeness (QED) is 0.719. The van der Waals surface area contributed by atoms with Crippen LogP contribution in [0.1, 0.15) is 12.5 Å². The van der Waals surface area contributed by atoms with Gasteiger partial charge < -0.3 is 9.59 Å². The van der Waals surface area contributed by atoms with Crippen molar-refractivity contribution in [2.45, 2.75) is 13.0 Å². The Morgan fingerprint density at radius 2 is 1.85 bits per heavy atom. The first-order valence-corrected chi connectivity index (χ1v) is 6.51. The lowest BCUT2D eigenvalue weighted by Gasteiger charge is -2.08. The van der Waals surface area contributed by atoms with Crippen molar-refractivity contribution < 1.29 is 9.59 Å². The molecule has 0 fully saturated rings. The summed E-state index contributed by atoms with van der Waals surface area (Å²) in [4.78, 5) is 18.8. The molecule has 0 aromatic heterocycles. The zero-order valence-electron chi connectivity index (χ0n) is 7.64. The van der Waals surface area contributed by atoms with Crippen LogP contribution in [0.2, 0.25) is 6.04 Å². The predicted octanol–water partition coefficient (Wildman–Crippen LogP) is 1.69. The molecule has 2 N–H and O–H groups in total. The van der Waals surface area contributed by atoms with Crippen molar-refractivity contribution in [3.8, 4) is 0 Å².